The Morgan fingerprint density at radius 3 is 2.58 bits per heavy atom. The lowest BCUT2D eigenvalue weighted by molar-refractivity contribution is -0.135. The zero-order valence-corrected chi connectivity index (χ0v) is 19.3. The third-order valence-electron chi connectivity index (χ3n) is 7.29. The Labute approximate surface area is 193 Å². The highest BCUT2D eigenvalue weighted by Gasteiger charge is 2.31. The molecule has 1 aromatic heterocycles. The molecule has 2 heterocycles. The van der Waals surface area contributed by atoms with Crippen LogP contribution in [0.2, 0.25) is 0 Å². The van der Waals surface area contributed by atoms with E-state index in [-0.39, 0.29) is 12.5 Å². The minimum absolute atomic E-state index is 0.0366. The number of carboxylic acids is 1. The molecule has 3 aromatic rings. The number of carboxylic acid groups (broad SMARTS) is 1. The summed E-state index contributed by atoms with van der Waals surface area (Å²) in [6, 6.07) is 12.3. The second kappa shape index (κ2) is 8.58. The van der Waals surface area contributed by atoms with Gasteiger partial charge in [-0.15, -0.1) is 0 Å². The van der Waals surface area contributed by atoms with Crippen molar-refractivity contribution in [2.24, 2.45) is 0 Å². The maximum absolute atomic E-state index is 12.5. The van der Waals surface area contributed by atoms with Crippen LogP contribution in [0.15, 0.2) is 36.4 Å². The Kier molecular flexibility index (Phi) is 5.60. The number of methoxy groups -OCH3 is 1. The van der Waals surface area contributed by atoms with E-state index in [0.29, 0.717) is 24.6 Å². The number of hydrogen-bond donors (Lipinski definition) is 1. The fourth-order valence-electron chi connectivity index (χ4n) is 5.80. The van der Waals surface area contributed by atoms with Crippen molar-refractivity contribution in [1.82, 2.24) is 4.57 Å². The molecule has 172 valence electrons. The highest BCUT2D eigenvalue weighted by molar-refractivity contribution is 6.01. The van der Waals surface area contributed by atoms with E-state index >= 15 is 0 Å². The molecule has 2 aromatic carbocycles. The molecule has 1 aliphatic carbocycles. The maximum atomic E-state index is 12.5. The number of aryl methyl sites for hydroxylation is 1. The summed E-state index contributed by atoms with van der Waals surface area (Å²) in [5.41, 5.74) is 7.11. The number of para-hydroxylation sites is 1. The molecule has 0 spiro atoms. The normalized spacial score (nSPS) is 16.2. The molecule has 1 fully saturated rings. The van der Waals surface area contributed by atoms with Crippen LogP contribution >= 0.6 is 0 Å². The van der Waals surface area contributed by atoms with Gasteiger partial charge in [0.2, 0.25) is 0 Å². The molecule has 5 rings (SSSR count). The molecule has 0 unspecified atom stereocenters. The summed E-state index contributed by atoms with van der Waals surface area (Å²) >= 11 is 0. The number of fused-ring (bicyclic) bond motifs is 5. The fraction of sp³-hybridized carbons (Fsp3) is 0.407. The van der Waals surface area contributed by atoms with Crippen molar-refractivity contribution in [3.63, 3.8) is 0 Å². The number of esters is 1. The maximum Gasteiger partial charge on any atom is 0.338 e. The third-order valence-corrected chi connectivity index (χ3v) is 7.29. The van der Waals surface area contributed by atoms with Crippen LogP contribution in [0, 0.1) is 6.92 Å². The number of anilines is 1. The molecule has 0 atom stereocenters. The average Bonchev–Trinajstić information content (AvgIpc) is 3.04. The van der Waals surface area contributed by atoms with Crippen LogP contribution in [-0.4, -0.2) is 41.8 Å². The molecule has 0 radical (unpaired) electrons. The fourth-order valence-corrected chi connectivity index (χ4v) is 5.80. The first-order valence-electron chi connectivity index (χ1n) is 11.8. The summed E-state index contributed by atoms with van der Waals surface area (Å²) in [6.45, 7) is 3.18. The lowest BCUT2D eigenvalue weighted by Gasteiger charge is -2.25. The Morgan fingerprint density at radius 1 is 1.09 bits per heavy atom. The molecule has 33 heavy (non-hydrogen) atoms. The van der Waals surface area contributed by atoms with Gasteiger partial charge in [0.25, 0.3) is 0 Å². The van der Waals surface area contributed by atoms with Crippen molar-refractivity contribution < 1.29 is 19.4 Å². The summed E-state index contributed by atoms with van der Waals surface area (Å²) in [6.07, 6.45) is 6.04. The Bertz CT molecular complexity index is 1240. The van der Waals surface area contributed by atoms with Crippen LogP contribution in [0.3, 0.4) is 0 Å². The van der Waals surface area contributed by atoms with E-state index in [0.717, 1.165) is 35.2 Å². The quantitative estimate of drug-likeness (QED) is 0.547. The van der Waals surface area contributed by atoms with Crippen molar-refractivity contribution in [3.05, 3.63) is 53.1 Å². The van der Waals surface area contributed by atoms with E-state index in [1.807, 2.05) is 36.1 Å². The van der Waals surface area contributed by atoms with Crippen molar-refractivity contribution in [3.8, 4) is 11.3 Å². The summed E-state index contributed by atoms with van der Waals surface area (Å²) in [7, 11) is 1.41. The predicted molar refractivity (Wildman–Crippen MR) is 129 cm³/mol. The first kappa shape index (κ1) is 21.6. The van der Waals surface area contributed by atoms with Gasteiger partial charge in [0, 0.05) is 35.2 Å². The van der Waals surface area contributed by atoms with Crippen LogP contribution in [0.1, 0.15) is 59.5 Å². The van der Waals surface area contributed by atoms with Crippen LogP contribution in [0.25, 0.3) is 22.2 Å². The monoisotopic (exact) mass is 446 g/mol. The standard InChI is InChI=1S/C27H30N2O4/c1-17-14-21-23(15-20(17)27(32)33-2)29-13-12-28(16-24(30)31)22-11-7-6-10-19(22)26(29)25(21)18-8-4-3-5-9-18/h6-7,10-11,14-15,18H,3-5,8-9,12-13,16H2,1-2H3,(H,30,31). The Balaban J connectivity index is 1.81. The molecule has 6 nitrogen and oxygen atoms in total. The number of nitrogens with zero attached hydrogens (tertiary/aromatic N) is 2. The van der Waals surface area contributed by atoms with E-state index in [1.165, 1.54) is 43.0 Å². The molecule has 0 amide bonds. The minimum Gasteiger partial charge on any atom is -0.480 e. The third kappa shape index (κ3) is 3.67. The number of ether oxygens (including phenoxy) is 1. The van der Waals surface area contributed by atoms with Gasteiger partial charge in [0.1, 0.15) is 6.54 Å². The van der Waals surface area contributed by atoms with E-state index < -0.39 is 5.97 Å². The molecule has 1 saturated carbocycles. The highest BCUT2D eigenvalue weighted by Crippen LogP contribution is 2.47. The number of hydrogen-bond acceptors (Lipinski definition) is 4. The predicted octanol–water partition coefficient (Wildman–Crippen LogP) is 5.36. The number of rotatable bonds is 4. The first-order chi connectivity index (χ1) is 16.0. The molecule has 1 N–H and O–H groups in total. The molecular formula is C27H30N2O4. The van der Waals surface area contributed by atoms with Gasteiger partial charge < -0.3 is 19.3 Å². The van der Waals surface area contributed by atoms with Gasteiger partial charge >= 0.3 is 11.9 Å². The molecule has 2 aliphatic rings. The molecule has 6 heteroatoms. The molecule has 0 bridgehead atoms. The SMILES string of the molecule is COC(=O)c1cc2c(cc1C)c(C1CCCCC1)c1n2CCN(CC(=O)O)c2ccccc2-1. The van der Waals surface area contributed by atoms with Crippen molar-refractivity contribution in [1.29, 1.82) is 0 Å². The van der Waals surface area contributed by atoms with Gasteiger partial charge in [-0.2, -0.15) is 0 Å². The smallest absolute Gasteiger partial charge is 0.338 e. The van der Waals surface area contributed by atoms with E-state index in [2.05, 4.69) is 16.7 Å². The Morgan fingerprint density at radius 2 is 1.85 bits per heavy atom. The van der Waals surface area contributed by atoms with Crippen LogP contribution < -0.4 is 4.90 Å². The van der Waals surface area contributed by atoms with Gasteiger partial charge in [-0.3, -0.25) is 4.79 Å². The average molecular weight is 447 g/mol. The molecule has 0 saturated heterocycles. The van der Waals surface area contributed by atoms with Crippen LogP contribution in [0.4, 0.5) is 5.69 Å². The number of aliphatic carboxylic acids is 1. The van der Waals surface area contributed by atoms with Gasteiger partial charge in [-0.25, -0.2) is 4.79 Å². The number of carbonyl (C=O) groups excluding carboxylic acids is 1. The summed E-state index contributed by atoms with van der Waals surface area (Å²) in [5, 5.41) is 10.7. The van der Waals surface area contributed by atoms with Gasteiger partial charge in [0.15, 0.2) is 0 Å². The van der Waals surface area contributed by atoms with Crippen molar-refractivity contribution in [2.45, 2.75) is 51.5 Å². The lowest BCUT2D eigenvalue weighted by atomic mass is 9.81. The molecular weight excluding hydrogens is 416 g/mol. The van der Waals surface area contributed by atoms with Gasteiger partial charge in [-0.05, 0) is 55.0 Å². The minimum atomic E-state index is -0.836. The second-order valence-corrected chi connectivity index (χ2v) is 9.26. The van der Waals surface area contributed by atoms with Crippen molar-refractivity contribution >= 4 is 28.5 Å². The topological polar surface area (TPSA) is 71.8 Å². The lowest BCUT2D eigenvalue weighted by Crippen LogP contribution is -2.31. The summed E-state index contributed by atoms with van der Waals surface area (Å²) < 4.78 is 7.36. The number of carbonyl (C=O) groups is 2. The van der Waals surface area contributed by atoms with E-state index in [1.54, 1.807) is 0 Å². The van der Waals surface area contributed by atoms with Crippen LogP contribution in [0.5, 0.6) is 0 Å². The first-order valence-corrected chi connectivity index (χ1v) is 11.8. The zero-order chi connectivity index (χ0) is 23.1. The van der Waals surface area contributed by atoms with Crippen LogP contribution in [-0.2, 0) is 16.1 Å². The van der Waals surface area contributed by atoms with E-state index in [4.69, 9.17) is 4.74 Å². The molecule has 1 aliphatic heterocycles. The van der Waals surface area contributed by atoms with Gasteiger partial charge in [0.05, 0.1) is 18.4 Å². The largest absolute Gasteiger partial charge is 0.480 e. The summed E-state index contributed by atoms with van der Waals surface area (Å²) in [4.78, 5) is 26.1. The van der Waals surface area contributed by atoms with Crippen molar-refractivity contribution in [2.75, 3.05) is 25.1 Å². The highest BCUT2D eigenvalue weighted by atomic mass is 16.5. The second-order valence-electron chi connectivity index (χ2n) is 9.26. The number of aromatic nitrogens is 1. The Hall–Kier alpha value is -3.28. The van der Waals surface area contributed by atoms with Gasteiger partial charge in [-0.1, -0.05) is 37.5 Å². The zero-order valence-electron chi connectivity index (χ0n) is 19.3. The number of benzene rings is 2. The summed E-state index contributed by atoms with van der Waals surface area (Å²) in [5.74, 6) is -0.706. The van der Waals surface area contributed by atoms with E-state index in [9.17, 15) is 14.7 Å².